The Morgan fingerprint density at radius 2 is 1.80 bits per heavy atom. The van der Waals surface area contributed by atoms with Gasteiger partial charge in [-0.15, -0.1) is 0 Å². The van der Waals surface area contributed by atoms with Crippen molar-refractivity contribution < 1.29 is 23.1 Å². The zero-order valence-electron chi connectivity index (χ0n) is 16.6. The van der Waals surface area contributed by atoms with Crippen LogP contribution in [-0.2, 0) is 6.18 Å². The van der Waals surface area contributed by atoms with E-state index in [2.05, 4.69) is 10.5 Å². The number of urea groups is 1. The van der Waals surface area contributed by atoms with Gasteiger partial charge >= 0.3 is 12.2 Å². The van der Waals surface area contributed by atoms with Crippen LogP contribution in [0.4, 0.5) is 18.0 Å². The Kier molecular flexibility index (Phi) is 5.47. The first-order valence-electron chi connectivity index (χ1n) is 9.18. The number of carbonyl (C=O) groups excluding carboxylic acids is 1. The van der Waals surface area contributed by atoms with Crippen molar-refractivity contribution in [3.63, 3.8) is 0 Å². The molecule has 3 rings (SSSR count). The summed E-state index contributed by atoms with van der Waals surface area (Å²) in [6, 6.07) is 7.79. The summed E-state index contributed by atoms with van der Waals surface area (Å²) in [4.78, 5) is 11.1. The molecule has 0 fully saturated rings. The number of benzene rings is 2. The number of aryl methyl sites for hydroxylation is 2. The van der Waals surface area contributed by atoms with Crippen molar-refractivity contribution in [2.75, 3.05) is 0 Å². The Labute approximate surface area is 170 Å². The molecule has 0 saturated heterocycles. The van der Waals surface area contributed by atoms with Gasteiger partial charge in [0, 0.05) is 11.1 Å². The topological polar surface area (TPSA) is 92.6 Å². The molecule has 9 heteroatoms. The lowest BCUT2D eigenvalue weighted by Gasteiger charge is -2.11. The van der Waals surface area contributed by atoms with Gasteiger partial charge in [-0.25, -0.2) is 10.2 Å². The molecule has 1 heterocycles. The SMILES string of the molecule is CC/C(=N/NC(N)=O)c1c(O)n(-c2cc(C)cc(C)c2)c2cc(C(F)(F)F)ccc12. The highest BCUT2D eigenvalue weighted by Crippen LogP contribution is 2.39. The summed E-state index contributed by atoms with van der Waals surface area (Å²) in [6.07, 6.45) is -4.25. The van der Waals surface area contributed by atoms with Crippen LogP contribution in [0.3, 0.4) is 0 Å². The van der Waals surface area contributed by atoms with Gasteiger partial charge in [0.1, 0.15) is 0 Å². The largest absolute Gasteiger partial charge is 0.494 e. The van der Waals surface area contributed by atoms with Gasteiger partial charge in [-0.2, -0.15) is 18.3 Å². The van der Waals surface area contributed by atoms with E-state index in [4.69, 9.17) is 5.73 Å². The summed E-state index contributed by atoms with van der Waals surface area (Å²) in [5, 5.41) is 15.4. The van der Waals surface area contributed by atoms with Crippen molar-refractivity contribution in [2.24, 2.45) is 10.8 Å². The molecular formula is C21H21F3N4O2. The Morgan fingerprint density at radius 3 is 2.33 bits per heavy atom. The van der Waals surface area contributed by atoms with E-state index < -0.39 is 17.8 Å². The average Bonchev–Trinajstić information content (AvgIpc) is 2.92. The van der Waals surface area contributed by atoms with Gasteiger partial charge in [0.05, 0.1) is 22.4 Å². The molecule has 3 aromatic rings. The quantitative estimate of drug-likeness (QED) is 0.421. The lowest BCUT2D eigenvalue weighted by molar-refractivity contribution is -0.137. The second-order valence-electron chi connectivity index (χ2n) is 7.00. The third kappa shape index (κ3) is 3.96. The summed E-state index contributed by atoms with van der Waals surface area (Å²) in [7, 11) is 0. The maximum absolute atomic E-state index is 13.4. The van der Waals surface area contributed by atoms with E-state index in [-0.39, 0.29) is 22.7 Å². The number of carbonyl (C=O) groups is 1. The zero-order valence-corrected chi connectivity index (χ0v) is 16.6. The Balaban J connectivity index is 2.40. The molecule has 4 N–H and O–H groups in total. The Morgan fingerprint density at radius 1 is 1.17 bits per heavy atom. The number of aromatic nitrogens is 1. The van der Waals surface area contributed by atoms with Crippen LogP contribution in [0.15, 0.2) is 41.5 Å². The first kappa shape index (κ1) is 21.2. The minimum atomic E-state index is -4.54. The van der Waals surface area contributed by atoms with Crippen LogP contribution in [0.1, 0.15) is 35.6 Å². The average molecular weight is 418 g/mol. The lowest BCUT2D eigenvalue weighted by atomic mass is 10.0. The molecule has 0 aliphatic carbocycles. The predicted octanol–water partition coefficient (Wildman–Crippen LogP) is 4.75. The van der Waals surface area contributed by atoms with Gasteiger partial charge < -0.3 is 10.8 Å². The number of hydrazone groups is 1. The molecule has 0 spiro atoms. The van der Waals surface area contributed by atoms with Crippen molar-refractivity contribution in [1.29, 1.82) is 0 Å². The highest BCUT2D eigenvalue weighted by molar-refractivity contribution is 6.14. The molecule has 0 radical (unpaired) electrons. The number of aromatic hydroxyl groups is 1. The van der Waals surface area contributed by atoms with E-state index in [1.54, 1.807) is 19.1 Å². The molecule has 2 aromatic carbocycles. The molecule has 6 nitrogen and oxygen atoms in total. The minimum Gasteiger partial charge on any atom is -0.494 e. The van der Waals surface area contributed by atoms with Crippen molar-refractivity contribution in [3.8, 4) is 11.6 Å². The van der Waals surface area contributed by atoms with Crippen LogP contribution in [0.5, 0.6) is 5.88 Å². The fraction of sp³-hybridized carbons (Fsp3) is 0.238. The third-order valence-electron chi connectivity index (χ3n) is 4.66. The molecule has 158 valence electrons. The first-order chi connectivity index (χ1) is 14.0. The number of alkyl halides is 3. The lowest BCUT2D eigenvalue weighted by Crippen LogP contribution is -2.25. The maximum atomic E-state index is 13.4. The van der Waals surface area contributed by atoms with E-state index in [1.807, 2.05) is 19.9 Å². The Bertz CT molecular complexity index is 1140. The number of halogens is 3. The summed E-state index contributed by atoms with van der Waals surface area (Å²) in [6.45, 7) is 5.46. The van der Waals surface area contributed by atoms with Gasteiger partial charge in [0.25, 0.3) is 0 Å². The second-order valence-corrected chi connectivity index (χ2v) is 7.00. The van der Waals surface area contributed by atoms with E-state index in [0.717, 1.165) is 23.3 Å². The number of amides is 2. The molecule has 0 unspecified atom stereocenters. The van der Waals surface area contributed by atoms with E-state index >= 15 is 0 Å². The minimum absolute atomic E-state index is 0.169. The first-order valence-corrected chi connectivity index (χ1v) is 9.18. The van der Waals surface area contributed by atoms with Crippen molar-refractivity contribution in [3.05, 3.63) is 58.7 Å². The smallest absolute Gasteiger partial charge is 0.416 e. The van der Waals surface area contributed by atoms with Gasteiger partial charge in [0.2, 0.25) is 5.88 Å². The number of nitrogens with one attached hydrogen (secondary N) is 1. The van der Waals surface area contributed by atoms with Gasteiger partial charge in [-0.1, -0.05) is 19.1 Å². The summed E-state index contributed by atoms with van der Waals surface area (Å²) >= 11 is 0. The van der Waals surface area contributed by atoms with Crippen LogP contribution in [0.2, 0.25) is 0 Å². The molecule has 0 aliphatic heterocycles. The maximum Gasteiger partial charge on any atom is 0.416 e. The van der Waals surface area contributed by atoms with Crippen molar-refractivity contribution in [1.82, 2.24) is 9.99 Å². The van der Waals surface area contributed by atoms with Crippen LogP contribution in [-0.4, -0.2) is 21.4 Å². The van der Waals surface area contributed by atoms with E-state index in [1.165, 1.54) is 10.6 Å². The number of hydrogen-bond donors (Lipinski definition) is 3. The summed E-state index contributed by atoms with van der Waals surface area (Å²) < 4.78 is 41.4. The standard InChI is InChI=1S/C21H21F3N4O2/c1-4-16(26-27-20(25)30)18-15-6-5-13(21(22,23)24)10-17(15)28(19(18)29)14-8-11(2)7-12(3)9-14/h5-10,29H,4H2,1-3H3,(H3,25,27,30)/b26-16-. The Hall–Kier alpha value is -3.49. The molecular weight excluding hydrogens is 397 g/mol. The number of fused-ring (bicyclic) bond motifs is 1. The third-order valence-corrected chi connectivity index (χ3v) is 4.66. The molecule has 30 heavy (non-hydrogen) atoms. The van der Waals surface area contributed by atoms with Gasteiger partial charge in [-0.3, -0.25) is 4.57 Å². The molecule has 0 saturated carbocycles. The molecule has 0 bridgehead atoms. The van der Waals surface area contributed by atoms with Crippen molar-refractivity contribution >= 4 is 22.6 Å². The fourth-order valence-electron chi connectivity index (χ4n) is 3.51. The molecule has 2 amide bonds. The number of nitrogens with two attached hydrogens (primary N) is 1. The number of rotatable bonds is 4. The highest BCUT2D eigenvalue weighted by atomic mass is 19.4. The van der Waals surface area contributed by atoms with Crippen LogP contribution < -0.4 is 11.2 Å². The summed E-state index contributed by atoms with van der Waals surface area (Å²) in [5.74, 6) is -0.277. The monoisotopic (exact) mass is 418 g/mol. The van der Waals surface area contributed by atoms with E-state index in [9.17, 15) is 23.1 Å². The highest BCUT2D eigenvalue weighted by Gasteiger charge is 2.32. The molecule has 0 atom stereocenters. The number of nitrogens with zero attached hydrogens (tertiary/aromatic N) is 2. The normalized spacial score (nSPS) is 12.4. The summed E-state index contributed by atoms with van der Waals surface area (Å²) in [5.41, 5.74) is 9.32. The van der Waals surface area contributed by atoms with Crippen LogP contribution >= 0.6 is 0 Å². The number of primary amides is 1. The van der Waals surface area contributed by atoms with E-state index in [0.29, 0.717) is 17.5 Å². The fourth-order valence-corrected chi connectivity index (χ4v) is 3.51. The van der Waals surface area contributed by atoms with Gasteiger partial charge in [-0.05, 0) is 55.7 Å². The molecule has 0 aliphatic rings. The zero-order chi connectivity index (χ0) is 22.2. The van der Waals surface area contributed by atoms with Crippen LogP contribution in [0, 0.1) is 13.8 Å². The van der Waals surface area contributed by atoms with Crippen LogP contribution in [0.25, 0.3) is 16.6 Å². The predicted molar refractivity (Wildman–Crippen MR) is 109 cm³/mol. The molecule has 1 aromatic heterocycles. The van der Waals surface area contributed by atoms with Crippen molar-refractivity contribution in [2.45, 2.75) is 33.4 Å². The number of hydrogen-bond acceptors (Lipinski definition) is 3. The van der Waals surface area contributed by atoms with Gasteiger partial charge in [0.15, 0.2) is 0 Å². The second kappa shape index (κ2) is 7.74.